The fourth-order valence-electron chi connectivity index (χ4n) is 1.91. The lowest BCUT2D eigenvalue weighted by Gasteiger charge is -2.08. The van der Waals surface area contributed by atoms with Gasteiger partial charge in [0.05, 0.1) is 7.11 Å². The van der Waals surface area contributed by atoms with Gasteiger partial charge in [0.15, 0.2) is 0 Å². The standard InChI is InChI=1S/C13H17BrN2O3/c1-19-12(17)3-2-6-15-13(18)11-7-9(14)8-16(11)10-4-5-10/h7-8,10H,2-6H2,1H3,(H,15,18). The molecule has 0 unspecified atom stereocenters. The predicted octanol–water partition coefficient (Wildman–Crippen LogP) is 2.27. The van der Waals surface area contributed by atoms with E-state index in [0.29, 0.717) is 31.1 Å². The molecule has 0 aromatic carbocycles. The van der Waals surface area contributed by atoms with E-state index in [9.17, 15) is 9.59 Å². The van der Waals surface area contributed by atoms with Crippen molar-refractivity contribution in [2.24, 2.45) is 0 Å². The summed E-state index contributed by atoms with van der Waals surface area (Å²) in [6, 6.07) is 2.29. The number of methoxy groups -OCH3 is 1. The average molecular weight is 329 g/mol. The number of aromatic nitrogens is 1. The fourth-order valence-corrected chi connectivity index (χ4v) is 2.35. The number of carbonyl (C=O) groups is 2. The summed E-state index contributed by atoms with van der Waals surface area (Å²) in [4.78, 5) is 23.0. The molecule has 0 spiro atoms. The first-order valence-electron chi connectivity index (χ1n) is 6.34. The van der Waals surface area contributed by atoms with Crippen molar-refractivity contribution in [1.29, 1.82) is 0 Å². The zero-order valence-corrected chi connectivity index (χ0v) is 12.4. The number of ether oxygens (including phenoxy) is 1. The SMILES string of the molecule is COC(=O)CCCNC(=O)c1cc(Br)cn1C1CC1. The molecule has 1 aromatic heterocycles. The quantitative estimate of drug-likeness (QED) is 0.643. The van der Waals surface area contributed by atoms with Crippen molar-refractivity contribution >= 4 is 27.8 Å². The summed E-state index contributed by atoms with van der Waals surface area (Å²) in [7, 11) is 1.36. The minimum absolute atomic E-state index is 0.0949. The molecule has 0 saturated heterocycles. The molecule has 1 fully saturated rings. The summed E-state index contributed by atoms with van der Waals surface area (Å²) in [6.07, 6.45) is 5.11. The number of nitrogens with zero attached hydrogens (tertiary/aromatic N) is 1. The van der Waals surface area contributed by atoms with Gasteiger partial charge in [0.1, 0.15) is 5.69 Å². The Morgan fingerprint density at radius 2 is 2.26 bits per heavy atom. The number of rotatable bonds is 6. The lowest BCUT2D eigenvalue weighted by Crippen LogP contribution is -2.27. The van der Waals surface area contributed by atoms with Crippen LogP contribution in [0.4, 0.5) is 0 Å². The number of halogens is 1. The number of hydrogen-bond donors (Lipinski definition) is 1. The number of nitrogens with one attached hydrogen (secondary N) is 1. The third-order valence-corrected chi connectivity index (χ3v) is 3.49. The van der Waals surface area contributed by atoms with Crippen LogP contribution in [0.15, 0.2) is 16.7 Å². The first kappa shape index (κ1) is 14.1. The molecule has 0 radical (unpaired) electrons. The molecule has 1 aliphatic carbocycles. The summed E-state index contributed by atoms with van der Waals surface area (Å²) < 4.78 is 7.47. The maximum absolute atomic E-state index is 12.1. The second kappa shape index (κ2) is 6.23. The summed E-state index contributed by atoms with van der Waals surface area (Å²) >= 11 is 3.40. The van der Waals surface area contributed by atoms with Gasteiger partial charge >= 0.3 is 5.97 Å². The van der Waals surface area contributed by atoms with Gasteiger partial charge in [0.25, 0.3) is 5.91 Å². The molecule has 6 heteroatoms. The molecular formula is C13H17BrN2O3. The van der Waals surface area contributed by atoms with E-state index >= 15 is 0 Å². The van der Waals surface area contributed by atoms with Crippen LogP contribution in [0.3, 0.4) is 0 Å². The predicted molar refractivity (Wildman–Crippen MR) is 74.0 cm³/mol. The van der Waals surface area contributed by atoms with Gasteiger partial charge in [-0.05, 0) is 41.3 Å². The molecule has 2 rings (SSSR count). The van der Waals surface area contributed by atoms with Gasteiger partial charge in [0, 0.05) is 29.7 Å². The molecule has 1 aliphatic rings. The number of esters is 1. The van der Waals surface area contributed by atoms with Crippen molar-refractivity contribution in [3.63, 3.8) is 0 Å². The van der Waals surface area contributed by atoms with Crippen LogP contribution in [0.5, 0.6) is 0 Å². The Balaban J connectivity index is 1.84. The van der Waals surface area contributed by atoms with Gasteiger partial charge in [-0.2, -0.15) is 0 Å². The van der Waals surface area contributed by atoms with Crippen LogP contribution >= 0.6 is 15.9 Å². The summed E-state index contributed by atoms with van der Waals surface area (Å²) in [5.74, 6) is -0.346. The molecule has 1 amide bonds. The topological polar surface area (TPSA) is 60.3 Å². The highest BCUT2D eigenvalue weighted by molar-refractivity contribution is 9.10. The normalized spacial score (nSPS) is 14.2. The van der Waals surface area contributed by atoms with E-state index in [0.717, 1.165) is 17.3 Å². The Morgan fingerprint density at radius 1 is 1.53 bits per heavy atom. The zero-order valence-electron chi connectivity index (χ0n) is 10.8. The Labute approximate surface area is 120 Å². The summed E-state index contributed by atoms with van der Waals surface area (Å²) in [6.45, 7) is 0.474. The van der Waals surface area contributed by atoms with Gasteiger partial charge < -0.3 is 14.6 Å². The van der Waals surface area contributed by atoms with E-state index in [1.807, 2.05) is 16.8 Å². The average Bonchev–Trinajstić information content (AvgIpc) is 3.17. The first-order valence-corrected chi connectivity index (χ1v) is 7.13. The van der Waals surface area contributed by atoms with Crippen molar-refractivity contribution in [2.75, 3.05) is 13.7 Å². The number of carbonyl (C=O) groups excluding carboxylic acids is 2. The van der Waals surface area contributed by atoms with Crippen LogP contribution in [0, 0.1) is 0 Å². The van der Waals surface area contributed by atoms with E-state index in [4.69, 9.17) is 0 Å². The number of amides is 1. The van der Waals surface area contributed by atoms with Crippen LogP contribution in [0.1, 0.15) is 42.2 Å². The molecule has 104 valence electrons. The Hall–Kier alpha value is -1.30. The van der Waals surface area contributed by atoms with Gasteiger partial charge in [-0.1, -0.05) is 0 Å². The third-order valence-electron chi connectivity index (χ3n) is 3.06. The van der Waals surface area contributed by atoms with Crippen LogP contribution in [0.2, 0.25) is 0 Å². The van der Waals surface area contributed by atoms with Crippen molar-refractivity contribution in [1.82, 2.24) is 9.88 Å². The van der Waals surface area contributed by atoms with Crippen molar-refractivity contribution in [3.05, 3.63) is 22.4 Å². The van der Waals surface area contributed by atoms with Crippen LogP contribution in [-0.4, -0.2) is 30.1 Å². The monoisotopic (exact) mass is 328 g/mol. The number of hydrogen-bond acceptors (Lipinski definition) is 3. The Bertz CT molecular complexity index is 480. The van der Waals surface area contributed by atoms with Crippen molar-refractivity contribution < 1.29 is 14.3 Å². The lowest BCUT2D eigenvalue weighted by atomic mass is 10.3. The third kappa shape index (κ3) is 3.83. The van der Waals surface area contributed by atoms with E-state index in [1.165, 1.54) is 7.11 Å². The Kier molecular flexibility index (Phi) is 4.63. The Morgan fingerprint density at radius 3 is 2.89 bits per heavy atom. The van der Waals surface area contributed by atoms with Gasteiger partial charge in [-0.25, -0.2) is 0 Å². The van der Waals surface area contributed by atoms with E-state index in [-0.39, 0.29) is 11.9 Å². The molecule has 1 aromatic rings. The first-order chi connectivity index (χ1) is 9.11. The van der Waals surface area contributed by atoms with E-state index in [2.05, 4.69) is 26.0 Å². The molecule has 1 heterocycles. The largest absolute Gasteiger partial charge is 0.469 e. The molecule has 19 heavy (non-hydrogen) atoms. The summed E-state index contributed by atoms with van der Waals surface area (Å²) in [5, 5.41) is 2.83. The smallest absolute Gasteiger partial charge is 0.305 e. The van der Waals surface area contributed by atoms with Gasteiger partial charge in [-0.3, -0.25) is 9.59 Å². The van der Waals surface area contributed by atoms with Crippen LogP contribution < -0.4 is 5.32 Å². The molecule has 1 N–H and O–H groups in total. The highest BCUT2D eigenvalue weighted by Gasteiger charge is 2.27. The highest BCUT2D eigenvalue weighted by atomic mass is 79.9. The van der Waals surface area contributed by atoms with E-state index in [1.54, 1.807) is 0 Å². The zero-order chi connectivity index (χ0) is 13.8. The second-order valence-corrected chi connectivity index (χ2v) is 5.53. The maximum atomic E-state index is 12.1. The molecule has 0 atom stereocenters. The minimum Gasteiger partial charge on any atom is -0.469 e. The molecule has 0 bridgehead atoms. The van der Waals surface area contributed by atoms with Crippen molar-refractivity contribution in [2.45, 2.75) is 31.7 Å². The molecular weight excluding hydrogens is 312 g/mol. The molecule has 5 nitrogen and oxygen atoms in total. The van der Waals surface area contributed by atoms with Gasteiger partial charge in [-0.15, -0.1) is 0 Å². The maximum Gasteiger partial charge on any atom is 0.305 e. The highest BCUT2D eigenvalue weighted by Crippen LogP contribution is 2.37. The fraction of sp³-hybridized carbons (Fsp3) is 0.538. The lowest BCUT2D eigenvalue weighted by molar-refractivity contribution is -0.140. The second-order valence-electron chi connectivity index (χ2n) is 4.62. The van der Waals surface area contributed by atoms with Crippen LogP contribution in [-0.2, 0) is 9.53 Å². The minimum atomic E-state index is -0.252. The van der Waals surface area contributed by atoms with Crippen molar-refractivity contribution in [3.8, 4) is 0 Å². The van der Waals surface area contributed by atoms with Crippen LogP contribution in [0.25, 0.3) is 0 Å². The molecule has 1 saturated carbocycles. The van der Waals surface area contributed by atoms with E-state index < -0.39 is 0 Å². The summed E-state index contributed by atoms with van der Waals surface area (Å²) in [5.41, 5.74) is 0.674. The molecule has 0 aliphatic heterocycles. The van der Waals surface area contributed by atoms with Gasteiger partial charge in [0.2, 0.25) is 0 Å².